The van der Waals surface area contributed by atoms with Crippen LogP contribution in [0.1, 0.15) is 0 Å². The molecule has 2 nitrogen and oxygen atoms in total. The number of rotatable bonds is 5. The zero-order chi connectivity index (χ0) is 33.0. The summed E-state index contributed by atoms with van der Waals surface area (Å²) in [7, 11) is 0. The molecule has 0 saturated heterocycles. The smallest absolute Gasteiger partial charge is 0.0547 e. The number of aromatic nitrogens is 2. The molecule has 0 atom stereocenters. The van der Waals surface area contributed by atoms with Gasteiger partial charge in [0.25, 0.3) is 0 Å². The Morgan fingerprint density at radius 1 is 0.220 bits per heavy atom. The molecule has 0 amide bonds. The zero-order valence-electron chi connectivity index (χ0n) is 27.4. The Balaban J connectivity index is 1.15. The lowest BCUT2D eigenvalue weighted by molar-refractivity contribution is 1.18. The van der Waals surface area contributed by atoms with E-state index in [1.165, 1.54) is 77.0 Å². The lowest BCUT2D eigenvalue weighted by Gasteiger charge is -2.11. The molecular weight excluding hydrogens is 605 g/mol. The summed E-state index contributed by atoms with van der Waals surface area (Å²) in [5, 5.41) is 5.01. The van der Waals surface area contributed by atoms with Crippen LogP contribution in [0.15, 0.2) is 194 Å². The van der Waals surface area contributed by atoms with Gasteiger partial charge in [0.05, 0.1) is 22.1 Å². The van der Waals surface area contributed by atoms with E-state index in [4.69, 9.17) is 0 Å². The molecule has 0 N–H and O–H groups in total. The van der Waals surface area contributed by atoms with E-state index >= 15 is 0 Å². The largest absolute Gasteiger partial charge is 0.309 e. The van der Waals surface area contributed by atoms with Crippen LogP contribution in [0.5, 0.6) is 0 Å². The lowest BCUT2D eigenvalue weighted by atomic mass is 9.99. The first-order valence-electron chi connectivity index (χ1n) is 17.2. The average molecular weight is 637 g/mol. The molecule has 0 bridgehead atoms. The molecule has 0 saturated carbocycles. The predicted octanol–water partition coefficient (Wildman–Crippen LogP) is 12.9. The summed E-state index contributed by atoms with van der Waals surface area (Å²) in [6.07, 6.45) is 0. The fraction of sp³-hybridized carbons (Fsp3) is 0. The van der Waals surface area contributed by atoms with Crippen LogP contribution in [0, 0.1) is 0 Å². The van der Waals surface area contributed by atoms with E-state index in [1.807, 2.05) is 0 Å². The maximum Gasteiger partial charge on any atom is 0.0547 e. The first kappa shape index (κ1) is 28.4. The van der Waals surface area contributed by atoms with Gasteiger partial charge >= 0.3 is 0 Å². The maximum absolute atomic E-state index is 2.40. The van der Waals surface area contributed by atoms with Gasteiger partial charge in [0.2, 0.25) is 0 Å². The van der Waals surface area contributed by atoms with Gasteiger partial charge in [-0.2, -0.15) is 0 Å². The van der Waals surface area contributed by atoms with Crippen molar-refractivity contribution < 1.29 is 0 Å². The second-order valence-corrected chi connectivity index (χ2v) is 13.0. The quantitative estimate of drug-likeness (QED) is 0.178. The van der Waals surface area contributed by atoms with E-state index in [1.54, 1.807) is 0 Å². The highest BCUT2D eigenvalue weighted by Crippen LogP contribution is 2.39. The van der Waals surface area contributed by atoms with Gasteiger partial charge in [-0.15, -0.1) is 0 Å². The summed E-state index contributed by atoms with van der Waals surface area (Å²) >= 11 is 0. The Hall–Kier alpha value is -6.64. The second-order valence-electron chi connectivity index (χ2n) is 13.0. The van der Waals surface area contributed by atoms with Crippen LogP contribution in [0.3, 0.4) is 0 Å². The summed E-state index contributed by atoms with van der Waals surface area (Å²) in [6.45, 7) is 0. The first-order chi connectivity index (χ1) is 24.8. The van der Waals surface area contributed by atoms with Crippen molar-refractivity contribution in [2.24, 2.45) is 0 Å². The van der Waals surface area contributed by atoms with Crippen molar-refractivity contribution in [3.63, 3.8) is 0 Å². The zero-order valence-corrected chi connectivity index (χ0v) is 27.4. The van der Waals surface area contributed by atoms with Gasteiger partial charge in [0, 0.05) is 32.9 Å². The van der Waals surface area contributed by atoms with Gasteiger partial charge in [-0.1, -0.05) is 133 Å². The Bertz CT molecular complexity index is 2840. The summed E-state index contributed by atoms with van der Waals surface area (Å²) in [6, 6.07) is 70.4. The third kappa shape index (κ3) is 4.57. The normalized spacial score (nSPS) is 11.6. The van der Waals surface area contributed by atoms with Crippen LogP contribution >= 0.6 is 0 Å². The monoisotopic (exact) mass is 636 g/mol. The standard InChI is InChI=1S/C48H32N2/c1-4-13-33(14-5-1)35-17-12-20-40(29-35)50-45-22-11-10-21-41(45)43-30-36(25-28-47(43)50)37-24-27-46-44(31-37)42-26-23-38(34-15-6-2-7-16-34)32-48(42)49(46)39-18-8-3-9-19-39/h1-32H. The molecule has 2 aromatic heterocycles. The van der Waals surface area contributed by atoms with Gasteiger partial charge < -0.3 is 9.13 Å². The van der Waals surface area contributed by atoms with E-state index in [-0.39, 0.29) is 0 Å². The van der Waals surface area contributed by atoms with Crippen molar-refractivity contribution in [1.82, 2.24) is 9.13 Å². The molecule has 10 aromatic rings. The van der Waals surface area contributed by atoms with Gasteiger partial charge in [-0.25, -0.2) is 0 Å². The molecule has 8 aromatic carbocycles. The Morgan fingerprint density at radius 2 is 0.660 bits per heavy atom. The van der Waals surface area contributed by atoms with Gasteiger partial charge in [-0.05, 0) is 94.0 Å². The van der Waals surface area contributed by atoms with Crippen molar-refractivity contribution in [3.05, 3.63) is 194 Å². The maximum atomic E-state index is 2.40. The Labute approximate surface area is 290 Å². The van der Waals surface area contributed by atoms with Gasteiger partial charge in [0.1, 0.15) is 0 Å². The van der Waals surface area contributed by atoms with E-state index in [0.717, 1.165) is 11.4 Å². The van der Waals surface area contributed by atoms with Crippen LogP contribution in [-0.4, -0.2) is 9.13 Å². The van der Waals surface area contributed by atoms with E-state index in [9.17, 15) is 0 Å². The molecule has 234 valence electrons. The van der Waals surface area contributed by atoms with Gasteiger partial charge in [0.15, 0.2) is 0 Å². The van der Waals surface area contributed by atoms with Crippen molar-refractivity contribution in [3.8, 4) is 44.8 Å². The Morgan fingerprint density at radius 3 is 1.32 bits per heavy atom. The molecule has 0 fully saturated rings. The van der Waals surface area contributed by atoms with Crippen LogP contribution < -0.4 is 0 Å². The van der Waals surface area contributed by atoms with Crippen LogP contribution in [0.25, 0.3) is 88.4 Å². The third-order valence-corrected chi connectivity index (χ3v) is 10.1. The lowest BCUT2D eigenvalue weighted by Crippen LogP contribution is -1.94. The predicted molar refractivity (Wildman–Crippen MR) is 211 cm³/mol. The molecular formula is C48H32N2. The number of benzene rings is 8. The minimum atomic E-state index is 1.16. The van der Waals surface area contributed by atoms with Crippen molar-refractivity contribution in [2.45, 2.75) is 0 Å². The molecule has 2 heteroatoms. The highest BCUT2D eigenvalue weighted by atomic mass is 15.0. The van der Waals surface area contributed by atoms with Crippen LogP contribution in [0.2, 0.25) is 0 Å². The summed E-state index contributed by atoms with van der Waals surface area (Å²) in [5.74, 6) is 0. The van der Waals surface area contributed by atoms with Crippen molar-refractivity contribution in [1.29, 1.82) is 0 Å². The molecule has 0 unspecified atom stereocenters. The summed E-state index contributed by atoms with van der Waals surface area (Å²) in [4.78, 5) is 0. The molecule has 0 aliphatic heterocycles. The number of nitrogens with zero attached hydrogens (tertiary/aromatic N) is 2. The van der Waals surface area contributed by atoms with Crippen LogP contribution in [0.4, 0.5) is 0 Å². The average Bonchev–Trinajstić information content (AvgIpc) is 3.70. The number of hydrogen-bond acceptors (Lipinski definition) is 0. The Kier molecular flexibility index (Phi) is 6.53. The molecule has 0 aliphatic rings. The van der Waals surface area contributed by atoms with Crippen LogP contribution in [-0.2, 0) is 0 Å². The van der Waals surface area contributed by atoms with Gasteiger partial charge in [-0.3, -0.25) is 0 Å². The molecule has 0 spiro atoms. The third-order valence-electron chi connectivity index (χ3n) is 10.1. The SMILES string of the molecule is c1ccc(-c2cccc(-n3c4ccccc4c4cc(-c5ccc6c(c5)c5ccc(-c7ccccc7)cc5n6-c5ccccc5)ccc43)c2)cc1. The number of para-hydroxylation sites is 2. The highest BCUT2D eigenvalue weighted by Gasteiger charge is 2.17. The molecule has 10 rings (SSSR count). The first-order valence-corrected chi connectivity index (χ1v) is 17.2. The summed E-state index contributed by atoms with van der Waals surface area (Å²) < 4.78 is 4.81. The van der Waals surface area contributed by atoms with Crippen molar-refractivity contribution >= 4 is 43.6 Å². The minimum absolute atomic E-state index is 1.16. The minimum Gasteiger partial charge on any atom is -0.309 e. The number of fused-ring (bicyclic) bond motifs is 6. The number of hydrogen-bond donors (Lipinski definition) is 0. The topological polar surface area (TPSA) is 9.86 Å². The van der Waals surface area contributed by atoms with E-state index in [0.29, 0.717) is 0 Å². The van der Waals surface area contributed by atoms with Crippen molar-refractivity contribution in [2.75, 3.05) is 0 Å². The molecule has 0 radical (unpaired) electrons. The second kappa shape index (κ2) is 11.5. The fourth-order valence-electron chi connectivity index (χ4n) is 7.75. The molecule has 2 heterocycles. The molecule has 0 aliphatic carbocycles. The highest BCUT2D eigenvalue weighted by molar-refractivity contribution is 6.13. The summed E-state index contributed by atoms with van der Waals surface area (Å²) in [5.41, 5.74) is 14.4. The fourth-order valence-corrected chi connectivity index (χ4v) is 7.75. The van der Waals surface area contributed by atoms with E-state index < -0.39 is 0 Å². The molecule has 50 heavy (non-hydrogen) atoms. The van der Waals surface area contributed by atoms with E-state index in [2.05, 4.69) is 203 Å².